The van der Waals surface area contributed by atoms with E-state index in [0.717, 1.165) is 24.5 Å². The molecule has 2 aliphatic rings. The van der Waals surface area contributed by atoms with Gasteiger partial charge in [0.1, 0.15) is 5.75 Å². The average Bonchev–Trinajstić information content (AvgIpc) is 2.62. The number of rotatable bonds is 5. The summed E-state index contributed by atoms with van der Waals surface area (Å²) in [7, 11) is 1.66. The van der Waals surface area contributed by atoms with Gasteiger partial charge in [-0.2, -0.15) is 0 Å². The Morgan fingerprint density at radius 1 is 1.29 bits per heavy atom. The molecule has 3 N–H and O–H groups in total. The molecule has 3 rings (SSSR count). The molecule has 1 spiro atoms. The topological polar surface area (TPSA) is 68.9 Å². The smallest absolute Gasteiger partial charge is 0.193 e. The van der Waals surface area contributed by atoms with Crippen molar-refractivity contribution in [1.29, 1.82) is 0 Å². The lowest BCUT2D eigenvalue weighted by atomic mass is 9.55. The number of nitrogens with zero attached hydrogens (tertiary/aromatic N) is 1. The van der Waals surface area contributed by atoms with Crippen LogP contribution in [0.25, 0.3) is 0 Å². The Hall–Kier alpha value is -1.75. The van der Waals surface area contributed by atoms with E-state index in [9.17, 15) is 0 Å². The number of ether oxygens (including phenoxy) is 2. The van der Waals surface area contributed by atoms with Crippen LogP contribution in [-0.4, -0.2) is 31.8 Å². The number of para-hydroxylation sites is 2. The Balaban J connectivity index is 1.72. The van der Waals surface area contributed by atoms with E-state index in [2.05, 4.69) is 12.2 Å². The summed E-state index contributed by atoms with van der Waals surface area (Å²) >= 11 is 0. The van der Waals surface area contributed by atoms with E-state index in [1.54, 1.807) is 7.11 Å². The highest BCUT2D eigenvalue weighted by atomic mass is 16.5. The van der Waals surface area contributed by atoms with Crippen LogP contribution in [0.2, 0.25) is 0 Å². The minimum Gasteiger partial charge on any atom is -0.495 e. The maximum atomic E-state index is 6.19. The lowest BCUT2D eigenvalue weighted by Crippen LogP contribution is -2.58. The molecule has 2 aliphatic carbocycles. The van der Waals surface area contributed by atoms with Crippen molar-refractivity contribution in [2.45, 2.75) is 57.6 Å². The van der Waals surface area contributed by atoms with Crippen LogP contribution in [0.1, 0.15) is 45.4 Å². The molecule has 2 atom stereocenters. The summed E-state index contributed by atoms with van der Waals surface area (Å²) in [5.74, 6) is 1.23. The molecule has 0 amide bonds. The molecule has 5 nitrogen and oxygen atoms in total. The van der Waals surface area contributed by atoms with E-state index >= 15 is 0 Å². The van der Waals surface area contributed by atoms with Crippen LogP contribution in [0, 0.1) is 5.41 Å². The Morgan fingerprint density at radius 3 is 2.75 bits per heavy atom. The third-order valence-corrected chi connectivity index (χ3v) is 5.56. The van der Waals surface area contributed by atoms with Crippen molar-refractivity contribution in [3.63, 3.8) is 0 Å². The SMILES string of the molecule is CCOC1CC(N=C(N)Nc2ccccc2OC)C12CCCCC2. The van der Waals surface area contributed by atoms with Crippen LogP contribution >= 0.6 is 0 Å². The van der Waals surface area contributed by atoms with Crippen LogP contribution in [-0.2, 0) is 4.74 Å². The highest BCUT2D eigenvalue weighted by molar-refractivity contribution is 5.93. The first-order valence-electron chi connectivity index (χ1n) is 9.04. The van der Waals surface area contributed by atoms with Gasteiger partial charge in [0.15, 0.2) is 5.96 Å². The largest absolute Gasteiger partial charge is 0.495 e. The summed E-state index contributed by atoms with van der Waals surface area (Å²) in [6.45, 7) is 2.85. The average molecular weight is 331 g/mol. The van der Waals surface area contributed by atoms with Gasteiger partial charge in [-0.1, -0.05) is 31.4 Å². The lowest BCUT2D eigenvalue weighted by molar-refractivity contribution is -0.139. The van der Waals surface area contributed by atoms with Crippen molar-refractivity contribution in [2.24, 2.45) is 16.1 Å². The van der Waals surface area contributed by atoms with Gasteiger partial charge in [0.2, 0.25) is 0 Å². The van der Waals surface area contributed by atoms with Crippen LogP contribution < -0.4 is 15.8 Å². The Kier molecular flexibility index (Phi) is 5.29. The van der Waals surface area contributed by atoms with Crippen molar-refractivity contribution in [3.8, 4) is 5.75 Å². The summed E-state index contributed by atoms with van der Waals surface area (Å²) < 4.78 is 11.3. The van der Waals surface area contributed by atoms with Crippen molar-refractivity contribution < 1.29 is 9.47 Å². The third kappa shape index (κ3) is 3.22. The molecule has 2 saturated carbocycles. The number of anilines is 1. The fraction of sp³-hybridized carbons (Fsp3) is 0.632. The van der Waals surface area contributed by atoms with Crippen molar-refractivity contribution in [3.05, 3.63) is 24.3 Å². The Morgan fingerprint density at radius 2 is 2.04 bits per heavy atom. The summed E-state index contributed by atoms with van der Waals surface area (Å²) in [4.78, 5) is 4.81. The van der Waals surface area contributed by atoms with E-state index < -0.39 is 0 Å². The molecule has 5 heteroatoms. The van der Waals surface area contributed by atoms with E-state index in [4.69, 9.17) is 20.2 Å². The zero-order valence-corrected chi connectivity index (χ0v) is 14.8. The molecule has 0 aromatic heterocycles. The molecule has 0 bridgehead atoms. The minimum absolute atomic E-state index is 0.196. The number of methoxy groups -OCH3 is 1. The van der Waals surface area contributed by atoms with Gasteiger partial charge >= 0.3 is 0 Å². The van der Waals surface area contributed by atoms with E-state index in [1.165, 1.54) is 32.1 Å². The van der Waals surface area contributed by atoms with E-state index in [1.807, 2.05) is 24.3 Å². The second-order valence-corrected chi connectivity index (χ2v) is 6.83. The second kappa shape index (κ2) is 7.43. The number of hydrogen-bond acceptors (Lipinski definition) is 3. The molecular weight excluding hydrogens is 302 g/mol. The van der Waals surface area contributed by atoms with Crippen LogP contribution in [0.3, 0.4) is 0 Å². The number of hydrogen-bond donors (Lipinski definition) is 2. The van der Waals surface area contributed by atoms with Gasteiger partial charge in [-0.3, -0.25) is 0 Å². The molecular formula is C19H29N3O2. The zero-order valence-electron chi connectivity index (χ0n) is 14.8. The van der Waals surface area contributed by atoms with Crippen LogP contribution in [0.5, 0.6) is 5.75 Å². The van der Waals surface area contributed by atoms with Gasteiger partial charge in [-0.25, -0.2) is 4.99 Å². The van der Waals surface area contributed by atoms with Crippen molar-refractivity contribution >= 4 is 11.6 Å². The summed E-state index contributed by atoms with van der Waals surface area (Å²) in [5.41, 5.74) is 7.23. The molecule has 1 aromatic carbocycles. The predicted octanol–water partition coefficient (Wildman–Crippen LogP) is 3.55. The Labute approximate surface area is 144 Å². The molecule has 1 aromatic rings. The van der Waals surface area contributed by atoms with Gasteiger partial charge < -0.3 is 20.5 Å². The van der Waals surface area contributed by atoms with E-state index in [0.29, 0.717) is 12.1 Å². The van der Waals surface area contributed by atoms with Gasteiger partial charge in [0, 0.05) is 12.0 Å². The third-order valence-electron chi connectivity index (χ3n) is 5.56. The molecule has 0 saturated heterocycles. The first-order valence-corrected chi connectivity index (χ1v) is 9.04. The quantitative estimate of drug-likeness (QED) is 0.639. The van der Waals surface area contributed by atoms with Gasteiger partial charge in [-0.05, 0) is 38.3 Å². The predicted molar refractivity (Wildman–Crippen MR) is 97.6 cm³/mol. The van der Waals surface area contributed by atoms with E-state index in [-0.39, 0.29) is 11.5 Å². The monoisotopic (exact) mass is 331 g/mol. The second-order valence-electron chi connectivity index (χ2n) is 6.83. The standard InChI is InChI=1S/C19H29N3O2/c1-3-24-17-13-16(19(17)11-7-4-8-12-19)22-18(20)21-14-9-5-6-10-15(14)23-2/h5-6,9-10,16-17H,3-4,7-8,11-13H2,1-2H3,(H3,20,21,22). The van der Waals surface area contributed by atoms with Crippen LogP contribution in [0.15, 0.2) is 29.3 Å². The van der Waals surface area contributed by atoms with Crippen LogP contribution in [0.4, 0.5) is 5.69 Å². The number of aliphatic imine (C=N–C) groups is 1. The summed E-state index contributed by atoms with van der Waals surface area (Å²) in [6, 6.07) is 8.01. The molecule has 0 aliphatic heterocycles. The first-order chi connectivity index (χ1) is 11.7. The lowest BCUT2D eigenvalue weighted by Gasteiger charge is -2.55. The molecule has 24 heavy (non-hydrogen) atoms. The first kappa shape index (κ1) is 17.1. The number of benzene rings is 1. The number of guanidine groups is 1. The number of nitrogens with two attached hydrogens (primary N) is 1. The number of nitrogens with one attached hydrogen (secondary N) is 1. The maximum absolute atomic E-state index is 6.19. The maximum Gasteiger partial charge on any atom is 0.193 e. The minimum atomic E-state index is 0.196. The van der Waals surface area contributed by atoms with Gasteiger partial charge in [0.25, 0.3) is 0 Å². The molecule has 2 unspecified atom stereocenters. The normalized spacial score (nSPS) is 26.0. The van der Waals surface area contributed by atoms with Crippen molar-refractivity contribution in [1.82, 2.24) is 0 Å². The summed E-state index contributed by atoms with van der Waals surface area (Å²) in [5, 5.41) is 3.19. The Bertz CT molecular complexity index is 582. The molecule has 0 heterocycles. The molecule has 2 fully saturated rings. The highest BCUT2D eigenvalue weighted by Crippen LogP contribution is 2.54. The van der Waals surface area contributed by atoms with Gasteiger partial charge in [0.05, 0.1) is 24.9 Å². The fourth-order valence-corrected chi connectivity index (χ4v) is 4.29. The van der Waals surface area contributed by atoms with Crippen molar-refractivity contribution in [2.75, 3.05) is 19.0 Å². The fourth-order valence-electron chi connectivity index (χ4n) is 4.29. The van der Waals surface area contributed by atoms with Gasteiger partial charge in [-0.15, -0.1) is 0 Å². The highest BCUT2D eigenvalue weighted by Gasteiger charge is 2.55. The molecule has 0 radical (unpaired) electrons. The molecule has 132 valence electrons. The summed E-state index contributed by atoms with van der Waals surface area (Å²) in [6.07, 6.45) is 7.59. The zero-order chi connectivity index (χ0) is 17.0.